The van der Waals surface area contributed by atoms with Crippen LogP contribution in [0.1, 0.15) is 59.6 Å². The van der Waals surface area contributed by atoms with Gasteiger partial charge in [-0.3, -0.25) is 4.79 Å². The summed E-state index contributed by atoms with van der Waals surface area (Å²) in [6.07, 6.45) is 5.64. The van der Waals surface area contributed by atoms with Gasteiger partial charge in [-0.25, -0.2) is 8.42 Å². The molecule has 30 heavy (non-hydrogen) atoms. The number of nitrogens with zero attached hydrogens (tertiary/aromatic N) is 1. The summed E-state index contributed by atoms with van der Waals surface area (Å²) in [4.78, 5) is 13.1. The minimum atomic E-state index is -3.71. The summed E-state index contributed by atoms with van der Waals surface area (Å²) in [5.41, 5.74) is 2.73. The van der Waals surface area contributed by atoms with E-state index in [2.05, 4.69) is 17.4 Å². The number of nitrogens with one attached hydrogen (secondary N) is 1. The molecular weight excluding hydrogens is 400 g/mol. The minimum absolute atomic E-state index is 0.0589. The lowest BCUT2D eigenvalue weighted by Crippen LogP contribution is -2.36. The van der Waals surface area contributed by atoms with Crippen molar-refractivity contribution in [2.45, 2.75) is 49.5 Å². The SMILES string of the molecule is COc1ccc(C(=O)N[C@@H]2CCCc3ccccc32)cc1S(=O)(=O)N1CCCCC1. The molecule has 4 rings (SSSR count). The number of piperidine rings is 1. The van der Waals surface area contributed by atoms with Crippen LogP contribution in [0, 0.1) is 0 Å². The molecule has 1 heterocycles. The van der Waals surface area contributed by atoms with Crippen LogP contribution >= 0.6 is 0 Å². The molecule has 160 valence electrons. The second kappa shape index (κ2) is 8.78. The summed E-state index contributed by atoms with van der Waals surface area (Å²) in [5, 5.41) is 3.10. The molecule has 0 radical (unpaired) electrons. The van der Waals surface area contributed by atoms with E-state index in [0.717, 1.165) is 44.1 Å². The number of methoxy groups -OCH3 is 1. The van der Waals surface area contributed by atoms with Crippen molar-refractivity contribution in [2.75, 3.05) is 20.2 Å². The summed E-state index contributed by atoms with van der Waals surface area (Å²) in [6, 6.07) is 12.7. The van der Waals surface area contributed by atoms with Crippen molar-refractivity contribution in [3.05, 3.63) is 59.2 Å². The van der Waals surface area contributed by atoms with Gasteiger partial charge in [-0.1, -0.05) is 30.7 Å². The van der Waals surface area contributed by atoms with Gasteiger partial charge in [0.2, 0.25) is 10.0 Å². The molecule has 6 nitrogen and oxygen atoms in total. The van der Waals surface area contributed by atoms with Crippen molar-refractivity contribution < 1.29 is 17.9 Å². The molecule has 1 atom stereocenters. The maximum atomic E-state index is 13.2. The molecule has 1 fully saturated rings. The highest BCUT2D eigenvalue weighted by Gasteiger charge is 2.30. The Balaban J connectivity index is 1.61. The van der Waals surface area contributed by atoms with Gasteiger partial charge in [0.1, 0.15) is 10.6 Å². The molecule has 2 aromatic carbocycles. The first-order chi connectivity index (χ1) is 14.5. The number of amides is 1. The molecule has 2 aliphatic rings. The largest absolute Gasteiger partial charge is 0.495 e. The van der Waals surface area contributed by atoms with E-state index in [-0.39, 0.29) is 22.6 Å². The lowest BCUT2D eigenvalue weighted by Gasteiger charge is -2.27. The molecular formula is C23H28N2O4S. The Bertz CT molecular complexity index is 1030. The number of benzene rings is 2. The molecule has 0 aromatic heterocycles. The van der Waals surface area contributed by atoms with Crippen LogP contribution in [-0.4, -0.2) is 38.8 Å². The average molecular weight is 429 g/mol. The summed E-state index contributed by atoms with van der Waals surface area (Å²) in [6.45, 7) is 1.00. The predicted octanol–water partition coefficient (Wildman–Crippen LogP) is 3.68. The van der Waals surface area contributed by atoms with E-state index in [0.29, 0.717) is 18.7 Å². The van der Waals surface area contributed by atoms with Crippen LogP contribution in [0.15, 0.2) is 47.4 Å². The maximum absolute atomic E-state index is 13.2. The van der Waals surface area contributed by atoms with Crippen molar-refractivity contribution in [3.8, 4) is 5.75 Å². The fourth-order valence-corrected chi connectivity index (χ4v) is 6.11. The normalized spacial score (nSPS) is 19.7. The third kappa shape index (κ3) is 4.09. The van der Waals surface area contributed by atoms with Crippen LogP contribution in [0.3, 0.4) is 0 Å². The second-order valence-electron chi connectivity index (χ2n) is 7.95. The minimum Gasteiger partial charge on any atom is -0.495 e. The standard InChI is InChI=1S/C23H28N2O4S/c1-29-21-13-12-18(16-22(21)30(27,28)25-14-5-2-6-15-25)23(26)24-20-11-7-9-17-8-3-4-10-19(17)20/h3-4,8,10,12-13,16,20H,2,5-7,9,11,14-15H2,1H3,(H,24,26)/t20-/m1/s1. The van der Waals surface area contributed by atoms with Gasteiger partial charge in [0.05, 0.1) is 13.2 Å². The van der Waals surface area contributed by atoms with Gasteiger partial charge >= 0.3 is 0 Å². The number of hydrogen-bond donors (Lipinski definition) is 1. The molecule has 0 spiro atoms. The highest BCUT2D eigenvalue weighted by atomic mass is 32.2. The number of hydrogen-bond acceptors (Lipinski definition) is 4. The molecule has 0 saturated carbocycles. The summed E-state index contributed by atoms with van der Waals surface area (Å²) in [7, 11) is -2.27. The van der Waals surface area contributed by atoms with Crippen molar-refractivity contribution >= 4 is 15.9 Å². The van der Waals surface area contributed by atoms with Crippen LogP contribution in [0.4, 0.5) is 0 Å². The van der Waals surface area contributed by atoms with Gasteiger partial charge in [0, 0.05) is 18.7 Å². The zero-order valence-corrected chi connectivity index (χ0v) is 18.1. The number of fused-ring (bicyclic) bond motifs is 1. The van der Waals surface area contributed by atoms with E-state index < -0.39 is 10.0 Å². The fourth-order valence-electron chi connectivity index (χ4n) is 4.41. The van der Waals surface area contributed by atoms with Crippen molar-refractivity contribution in [1.29, 1.82) is 0 Å². The summed E-state index contributed by atoms with van der Waals surface area (Å²) >= 11 is 0. The van der Waals surface area contributed by atoms with Crippen LogP contribution in [0.2, 0.25) is 0 Å². The van der Waals surface area contributed by atoms with Crippen LogP contribution in [-0.2, 0) is 16.4 Å². The summed E-state index contributed by atoms with van der Waals surface area (Å²) < 4.78 is 33.2. The number of sulfonamides is 1. The molecule has 7 heteroatoms. The molecule has 1 N–H and O–H groups in total. The van der Waals surface area contributed by atoms with Crippen LogP contribution in [0.5, 0.6) is 5.75 Å². The van der Waals surface area contributed by atoms with E-state index >= 15 is 0 Å². The first-order valence-electron chi connectivity index (χ1n) is 10.6. The number of carbonyl (C=O) groups excluding carboxylic acids is 1. The van der Waals surface area contributed by atoms with Gasteiger partial charge in [-0.15, -0.1) is 0 Å². The topological polar surface area (TPSA) is 75.7 Å². The lowest BCUT2D eigenvalue weighted by atomic mass is 9.87. The first-order valence-corrected chi connectivity index (χ1v) is 12.0. The van der Waals surface area contributed by atoms with Crippen molar-refractivity contribution in [3.63, 3.8) is 0 Å². The van der Waals surface area contributed by atoms with Gasteiger partial charge in [-0.2, -0.15) is 4.31 Å². The average Bonchev–Trinajstić information content (AvgIpc) is 2.79. The van der Waals surface area contributed by atoms with Crippen molar-refractivity contribution in [2.24, 2.45) is 0 Å². The molecule has 1 aliphatic heterocycles. The number of ether oxygens (including phenoxy) is 1. The fraction of sp³-hybridized carbons (Fsp3) is 0.435. The Morgan fingerprint density at radius 2 is 1.83 bits per heavy atom. The third-order valence-corrected chi connectivity index (χ3v) is 7.95. The quantitative estimate of drug-likeness (QED) is 0.788. The Kier molecular flexibility index (Phi) is 6.11. The number of rotatable bonds is 5. The predicted molar refractivity (Wildman–Crippen MR) is 115 cm³/mol. The van der Waals surface area contributed by atoms with E-state index in [1.807, 2.05) is 12.1 Å². The highest BCUT2D eigenvalue weighted by molar-refractivity contribution is 7.89. The molecule has 2 aromatic rings. The first kappa shape index (κ1) is 20.9. The maximum Gasteiger partial charge on any atom is 0.251 e. The van der Waals surface area contributed by atoms with Crippen LogP contribution < -0.4 is 10.1 Å². The Morgan fingerprint density at radius 1 is 1.07 bits per heavy atom. The van der Waals surface area contributed by atoms with Gasteiger partial charge in [-0.05, 0) is 61.4 Å². The lowest BCUT2D eigenvalue weighted by molar-refractivity contribution is 0.0932. The monoisotopic (exact) mass is 428 g/mol. The molecule has 1 aliphatic carbocycles. The Labute approximate surface area is 178 Å². The number of aryl methyl sites for hydroxylation is 1. The Morgan fingerprint density at radius 3 is 2.60 bits per heavy atom. The van der Waals surface area contributed by atoms with E-state index in [1.54, 1.807) is 12.1 Å². The van der Waals surface area contributed by atoms with E-state index in [1.165, 1.54) is 23.0 Å². The van der Waals surface area contributed by atoms with Crippen molar-refractivity contribution in [1.82, 2.24) is 9.62 Å². The molecule has 1 amide bonds. The zero-order chi connectivity index (χ0) is 21.1. The number of carbonyl (C=O) groups is 1. The Hall–Kier alpha value is -2.38. The van der Waals surface area contributed by atoms with E-state index in [9.17, 15) is 13.2 Å². The van der Waals surface area contributed by atoms with Gasteiger partial charge in [0.15, 0.2) is 0 Å². The van der Waals surface area contributed by atoms with Crippen LogP contribution in [0.25, 0.3) is 0 Å². The molecule has 1 saturated heterocycles. The third-order valence-electron chi connectivity index (χ3n) is 6.03. The highest BCUT2D eigenvalue weighted by Crippen LogP contribution is 2.32. The molecule has 0 unspecified atom stereocenters. The second-order valence-corrected chi connectivity index (χ2v) is 9.85. The zero-order valence-electron chi connectivity index (χ0n) is 17.3. The van der Waals surface area contributed by atoms with Gasteiger partial charge in [0.25, 0.3) is 5.91 Å². The summed E-state index contributed by atoms with van der Waals surface area (Å²) in [5.74, 6) is -0.00501. The van der Waals surface area contributed by atoms with Gasteiger partial charge < -0.3 is 10.1 Å². The van der Waals surface area contributed by atoms with E-state index in [4.69, 9.17) is 4.74 Å². The smallest absolute Gasteiger partial charge is 0.251 e. The molecule has 0 bridgehead atoms.